The van der Waals surface area contributed by atoms with E-state index in [1.807, 2.05) is 24.3 Å². The van der Waals surface area contributed by atoms with Crippen molar-refractivity contribution in [2.75, 3.05) is 13.7 Å². The minimum absolute atomic E-state index is 0.476. The molecule has 112 valence electrons. The van der Waals surface area contributed by atoms with Gasteiger partial charge < -0.3 is 15.2 Å². The molecule has 0 radical (unpaired) electrons. The number of benzene rings is 1. The van der Waals surface area contributed by atoms with Gasteiger partial charge in [0.15, 0.2) is 0 Å². The summed E-state index contributed by atoms with van der Waals surface area (Å²) < 4.78 is 5.19. The zero-order valence-corrected chi connectivity index (χ0v) is 12.6. The lowest BCUT2D eigenvalue weighted by atomic mass is 9.84. The fraction of sp³-hybridized carbons (Fsp3) is 0.647. The first-order valence-electron chi connectivity index (χ1n) is 7.76. The number of rotatable bonds is 6. The number of nitrogens with one attached hydrogen (secondary N) is 1. The third kappa shape index (κ3) is 4.22. The van der Waals surface area contributed by atoms with Gasteiger partial charge >= 0.3 is 0 Å². The molecule has 0 bridgehead atoms. The number of hydrogen-bond donors (Lipinski definition) is 2. The van der Waals surface area contributed by atoms with Crippen molar-refractivity contribution in [2.45, 2.75) is 51.2 Å². The third-order valence-electron chi connectivity index (χ3n) is 4.47. The second-order valence-electron chi connectivity index (χ2n) is 5.89. The Balaban J connectivity index is 1.82. The van der Waals surface area contributed by atoms with Gasteiger partial charge in [0, 0.05) is 12.6 Å². The molecule has 2 atom stereocenters. The van der Waals surface area contributed by atoms with Gasteiger partial charge in [-0.1, -0.05) is 31.4 Å². The highest BCUT2D eigenvalue weighted by Gasteiger charge is 2.20. The molecule has 20 heavy (non-hydrogen) atoms. The van der Waals surface area contributed by atoms with Gasteiger partial charge in [0.1, 0.15) is 5.75 Å². The minimum atomic E-state index is -0.476. The van der Waals surface area contributed by atoms with E-state index < -0.39 is 6.10 Å². The first-order chi connectivity index (χ1) is 9.70. The van der Waals surface area contributed by atoms with Crippen molar-refractivity contribution in [1.82, 2.24) is 5.32 Å². The van der Waals surface area contributed by atoms with Gasteiger partial charge in [0.05, 0.1) is 13.2 Å². The average molecular weight is 277 g/mol. The summed E-state index contributed by atoms with van der Waals surface area (Å²) in [5, 5.41) is 13.8. The Labute approximate surface area is 122 Å². The summed E-state index contributed by atoms with van der Waals surface area (Å²) in [4.78, 5) is 0. The molecule has 0 aromatic heterocycles. The normalized spacial score (nSPS) is 19.6. The van der Waals surface area contributed by atoms with E-state index in [9.17, 15) is 5.11 Å². The van der Waals surface area contributed by atoms with Gasteiger partial charge in [-0.05, 0) is 43.4 Å². The van der Waals surface area contributed by atoms with Crippen LogP contribution in [0.1, 0.15) is 50.7 Å². The van der Waals surface area contributed by atoms with Crippen LogP contribution in [0, 0.1) is 5.92 Å². The summed E-state index contributed by atoms with van der Waals surface area (Å²) in [6, 6.07) is 8.14. The van der Waals surface area contributed by atoms with Crippen LogP contribution in [0.25, 0.3) is 0 Å². The van der Waals surface area contributed by atoms with Gasteiger partial charge in [-0.3, -0.25) is 0 Å². The number of hydrogen-bond acceptors (Lipinski definition) is 3. The monoisotopic (exact) mass is 277 g/mol. The molecule has 1 fully saturated rings. The smallest absolute Gasteiger partial charge is 0.119 e. The standard InChI is InChI=1S/C17H27NO2/c1-13(14-7-4-3-5-8-14)18-12-17(19)15-9-6-10-16(11-15)20-2/h6,9-11,13-14,17-19H,3-5,7-8,12H2,1-2H3. The van der Waals surface area contributed by atoms with Crippen molar-refractivity contribution in [1.29, 1.82) is 0 Å². The number of methoxy groups -OCH3 is 1. The number of ether oxygens (including phenoxy) is 1. The van der Waals surface area contributed by atoms with Crippen molar-refractivity contribution in [2.24, 2.45) is 5.92 Å². The molecule has 0 aliphatic heterocycles. The zero-order chi connectivity index (χ0) is 14.4. The molecule has 3 nitrogen and oxygen atoms in total. The van der Waals surface area contributed by atoms with Crippen LogP contribution in [-0.2, 0) is 0 Å². The summed E-state index contributed by atoms with van der Waals surface area (Å²) in [5.41, 5.74) is 0.910. The maximum atomic E-state index is 10.3. The molecule has 0 saturated heterocycles. The molecular weight excluding hydrogens is 250 g/mol. The topological polar surface area (TPSA) is 41.5 Å². The lowest BCUT2D eigenvalue weighted by Crippen LogP contribution is -2.37. The quantitative estimate of drug-likeness (QED) is 0.838. The van der Waals surface area contributed by atoms with E-state index in [4.69, 9.17) is 4.74 Å². The molecule has 2 N–H and O–H groups in total. The number of aliphatic hydroxyl groups is 1. The van der Waals surface area contributed by atoms with Gasteiger partial charge in [-0.2, -0.15) is 0 Å². The van der Waals surface area contributed by atoms with Gasteiger partial charge in [-0.15, -0.1) is 0 Å². The maximum Gasteiger partial charge on any atom is 0.119 e. The molecule has 2 unspecified atom stereocenters. The highest BCUT2D eigenvalue weighted by molar-refractivity contribution is 5.29. The second kappa shape index (κ2) is 7.65. The van der Waals surface area contributed by atoms with Crippen molar-refractivity contribution in [3.05, 3.63) is 29.8 Å². The SMILES string of the molecule is COc1cccc(C(O)CNC(C)C2CCCCC2)c1. The average Bonchev–Trinajstić information content (AvgIpc) is 2.53. The highest BCUT2D eigenvalue weighted by atomic mass is 16.5. The lowest BCUT2D eigenvalue weighted by Gasteiger charge is -2.29. The molecule has 0 spiro atoms. The van der Waals surface area contributed by atoms with Crippen molar-refractivity contribution in [3.63, 3.8) is 0 Å². The molecular formula is C17H27NO2. The predicted molar refractivity (Wildman–Crippen MR) is 82.0 cm³/mol. The van der Waals surface area contributed by atoms with Crippen LogP contribution in [0.5, 0.6) is 5.75 Å². The van der Waals surface area contributed by atoms with E-state index in [1.54, 1.807) is 7.11 Å². The van der Waals surface area contributed by atoms with E-state index in [0.717, 1.165) is 17.2 Å². The van der Waals surface area contributed by atoms with E-state index in [1.165, 1.54) is 32.1 Å². The Morgan fingerprint density at radius 1 is 1.30 bits per heavy atom. The molecule has 2 rings (SSSR count). The van der Waals surface area contributed by atoms with Crippen LogP contribution in [-0.4, -0.2) is 24.8 Å². The molecule has 1 saturated carbocycles. The molecule has 0 heterocycles. The largest absolute Gasteiger partial charge is 0.497 e. The second-order valence-corrected chi connectivity index (χ2v) is 5.89. The summed E-state index contributed by atoms with van der Waals surface area (Å²) in [6.07, 6.45) is 6.27. The Morgan fingerprint density at radius 2 is 2.05 bits per heavy atom. The molecule has 1 aromatic carbocycles. The Bertz CT molecular complexity index is 402. The lowest BCUT2D eigenvalue weighted by molar-refractivity contribution is 0.160. The van der Waals surface area contributed by atoms with Crippen LogP contribution in [0.15, 0.2) is 24.3 Å². The predicted octanol–water partition coefficient (Wildman–Crippen LogP) is 3.29. The molecule has 1 aromatic rings. The van der Waals surface area contributed by atoms with E-state index in [2.05, 4.69) is 12.2 Å². The van der Waals surface area contributed by atoms with Crippen LogP contribution in [0.4, 0.5) is 0 Å². The zero-order valence-electron chi connectivity index (χ0n) is 12.6. The summed E-state index contributed by atoms with van der Waals surface area (Å²) >= 11 is 0. The minimum Gasteiger partial charge on any atom is -0.497 e. The fourth-order valence-corrected chi connectivity index (χ4v) is 3.06. The van der Waals surface area contributed by atoms with Crippen LogP contribution >= 0.6 is 0 Å². The summed E-state index contributed by atoms with van der Waals surface area (Å²) in [5.74, 6) is 1.56. The first kappa shape index (κ1) is 15.3. The van der Waals surface area contributed by atoms with Crippen molar-refractivity contribution >= 4 is 0 Å². The van der Waals surface area contributed by atoms with Gasteiger partial charge in [0.25, 0.3) is 0 Å². The van der Waals surface area contributed by atoms with Crippen molar-refractivity contribution in [3.8, 4) is 5.75 Å². The van der Waals surface area contributed by atoms with E-state index >= 15 is 0 Å². The van der Waals surface area contributed by atoms with Gasteiger partial charge in [-0.25, -0.2) is 0 Å². The third-order valence-corrected chi connectivity index (χ3v) is 4.47. The molecule has 0 amide bonds. The van der Waals surface area contributed by atoms with E-state index in [-0.39, 0.29) is 0 Å². The summed E-state index contributed by atoms with van der Waals surface area (Å²) in [6.45, 7) is 2.85. The Kier molecular flexibility index (Phi) is 5.86. The molecule has 1 aliphatic carbocycles. The van der Waals surface area contributed by atoms with Crippen LogP contribution in [0.3, 0.4) is 0 Å². The fourth-order valence-electron chi connectivity index (χ4n) is 3.06. The first-order valence-corrected chi connectivity index (χ1v) is 7.76. The molecule has 3 heteroatoms. The number of aliphatic hydroxyl groups excluding tert-OH is 1. The molecule has 1 aliphatic rings. The maximum absolute atomic E-state index is 10.3. The van der Waals surface area contributed by atoms with Crippen LogP contribution in [0.2, 0.25) is 0 Å². The highest BCUT2D eigenvalue weighted by Crippen LogP contribution is 2.26. The van der Waals surface area contributed by atoms with Gasteiger partial charge in [0.2, 0.25) is 0 Å². The van der Waals surface area contributed by atoms with E-state index in [0.29, 0.717) is 12.6 Å². The Morgan fingerprint density at radius 3 is 2.75 bits per heavy atom. The summed E-state index contributed by atoms with van der Waals surface area (Å²) in [7, 11) is 1.65. The van der Waals surface area contributed by atoms with Crippen LogP contribution < -0.4 is 10.1 Å². The van der Waals surface area contributed by atoms with Crippen molar-refractivity contribution < 1.29 is 9.84 Å². The Hall–Kier alpha value is -1.06.